The van der Waals surface area contributed by atoms with Gasteiger partial charge in [-0.25, -0.2) is 0 Å². The number of allylic oxidation sites excluding steroid dienone is 2. The van der Waals surface area contributed by atoms with E-state index in [9.17, 15) is 20.0 Å². The number of nitrogens with zero attached hydrogens (tertiary/aromatic N) is 3. The molecule has 0 radical (unpaired) electrons. The smallest absolute Gasteiger partial charge is 0.308 e. The Hall–Kier alpha value is -3.11. The third kappa shape index (κ3) is 6.19. The summed E-state index contributed by atoms with van der Waals surface area (Å²) in [6.45, 7) is 7.13. The second-order valence-corrected chi connectivity index (χ2v) is 8.43. The predicted octanol–water partition coefficient (Wildman–Crippen LogP) is 4.16. The highest BCUT2D eigenvalue weighted by atomic mass is 16.7. The molecule has 30 heavy (non-hydrogen) atoms. The third-order valence-electron chi connectivity index (χ3n) is 4.44. The van der Waals surface area contributed by atoms with Crippen LogP contribution in [0.25, 0.3) is 0 Å². The van der Waals surface area contributed by atoms with Gasteiger partial charge in [-0.3, -0.25) is 9.59 Å². The van der Waals surface area contributed by atoms with Gasteiger partial charge in [0.05, 0.1) is 11.6 Å². The molecule has 2 rings (SSSR count). The zero-order valence-electron chi connectivity index (χ0n) is 17.7. The molecule has 1 aliphatic rings. The Balaban J connectivity index is 2.09. The number of benzene rings is 1. The van der Waals surface area contributed by atoms with Crippen molar-refractivity contribution in [1.82, 2.24) is 0 Å². The van der Waals surface area contributed by atoms with Crippen LogP contribution in [0.1, 0.15) is 50.9 Å². The Morgan fingerprint density at radius 3 is 2.43 bits per heavy atom. The summed E-state index contributed by atoms with van der Waals surface area (Å²) in [6, 6.07) is 10.5. The zero-order valence-corrected chi connectivity index (χ0v) is 17.7. The molecule has 3 atom stereocenters. The standard InChI is InChI=1S/C23H27N3O4/c1-21(2,3)25-26-22(4,16-24)15-13-19(27)30-23(29)14-9-8-12-18(23)20(28)17-10-6-5-7-11-17/h5-12,14,18,29H,13,15H2,1-4H3/b26-25+. The van der Waals surface area contributed by atoms with E-state index in [1.165, 1.54) is 18.2 Å². The molecule has 158 valence electrons. The monoisotopic (exact) mass is 409 g/mol. The Bertz CT molecular complexity index is 909. The number of hydrogen-bond acceptors (Lipinski definition) is 7. The Labute approximate surface area is 176 Å². The normalized spacial score (nSPS) is 23.0. The van der Waals surface area contributed by atoms with Gasteiger partial charge in [0.25, 0.3) is 0 Å². The number of hydrogen-bond donors (Lipinski definition) is 1. The molecule has 1 aromatic rings. The molecular formula is C23H27N3O4. The molecule has 7 nitrogen and oxygen atoms in total. The molecule has 0 aliphatic heterocycles. The Kier molecular flexibility index (Phi) is 7.06. The van der Waals surface area contributed by atoms with Crippen molar-refractivity contribution in [2.75, 3.05) is 0 Å². The third-order valence-corrected chi connectivity index (χ3v) is 4.44. The van der Waals surface area contributed by atoms with E-state index in [0.29, 0.717) is 5.56 Å². The lowest BCUT2D eigenvalue weighted by atomic mass is 9.86. The van der Waals surface area contributed by atoms with E-state index >= 15 is 0 Å². The Morgan fingerprint density at radius 2 is 1.83 bits per heavy atom. The number of rotatable bonds is 7. The van der Waals surface area contributed by atoms with Crippen molar-refractivity contribution in [2.24, 2.45) is 16.1 Å². The quantitative estimate of drug-likeness (QED) is 0.314. The van der Waals surface area contributed by atoms with E-state index in [1.54, 1.807) is 43.3 Å². The maximum absolute atomic E-state index is 12.8. The summed E-state index contributed by atoms with van der Waals surface area (Å²) < 4.78 is 5.30. The van der Waals surface area contributed by atoms with Gasteiger partial charge in [-0.1, -0.05) is 48.6 Å². The van der Waals surface area contributed by atoms with Crippen LogP contribution in [0.2, 0.25) is 0 Å². The number of azo groups is 1. The van der Waals surface area contributed by atoms with Gasteiger partial charge in [0.15, 0.2) is 11.3 Å². The minimum Gasteiger partial charge on any atom is -0.428 e. The second-order valence-electron chi connectivity index (χ2n) is 8.43. The number of nitriles is 1. The van der Waals surface area contributed by atoms with Crippen LogP contribution in [0.3, 0.4) is 0 Å². The molecule has 7 heteroatoms. The van der Waals surface area contributed by atoms with Crippen molar-refractivity contribution in [3.8, 4) is 6.07 Å². The number of ether oxygens (including phenoxy) is 1. The van der Waals surface area contributed by atoms with Crippen molar-refractivity contribution in [3.05, 3.63) is 60.2 Å². The van der Waals surface area contributed by atoms with Crippen LogP contribution in [-0.2, 0) is 9.53 Å². The van der Waals surface area contributed by atoms with Crippen molar-refractivity contribution >= 4 is 11.8 Å². The van der Waals surface area contributed by atoms with Gasteiger partial charge < -0.3 is 9.84 Å². The first-order valence-corrected chi connectivity index (χ1v) is 9.73. The summed E-state index contributed by atoms with van der Waals surface area (Å²) in [4.78, 5) is 25.3. The molecular weight excluding hydrogens is 382 g/mol. The van der Waals surface area contributed by atoms with Gasteiger partial charge in [-0.05, 0) is 40.2 Å². The van der Waals surface area contributed by atoms with Gasteiger partial charge >= 0.3 is 5.97 Å². The Morgan fingerprint density at radius 1 is 1.17 bits per heavy atom. The van der Waals surface area contributed by atoms with Crippen molar-refractivity contribution in [2.45, 2.75) is 57.4 Å². The van der Waals surface area contributed by atoms with Crippen molar-refractivity contribution < 1.29 is 19.4 Å². The van der Waals surface area contributed by atoms with Crippen LogP contribution in [0.4, 0.5) is 0 Å². The highest BCUT2D eigenvalue weighted by Crippen LogP contribution is 2.30. The summed E-state index contributed by atoms with van der Waals surface area (Å²) in [5.74, 6) is -4.28. The summed E-state index contributed by atoms with van der Waals surface area (Å²) in [6.07, 6.45) is 5.80. The van der Waals surface area contributed by atoms with Gasteiger partial charge in [0.1, 0.15) is 5.92 Å². The van der Waals surface area contributed by atoms with Gasteiger partial charge in [-0.2, -0.15) is 15.5 Å². The molecule has 0 amide bonds. The molecule has 0 heterocycles. The van der Waals surface area contributed by atoms with Gasteiger partial charge in [0.2, 0.25) is 5.79 Å². The van der Waals surface area contributed by atoms with Crippen molar-refractivity contribution in [1.29, 1.82) is 5.26 Å². The number of esters is 1. The summed E-state index contributed by atoms with van der Waals surface area (Å²) in [7, 11) is 0. The first-order valence-electron chi connectivity index (χ1n) is 9.73. The van der Waals surface area contributed by atoms with Crippen LogP contribution in [0.15, 0.2) is 64.9 Å². The first kappa shape index (κ1) is 23.2. The van der Waals surface area contributed by atoms with Crippen LogP contribution in [0.5, 0.6) is 0 Å². The molecule has 0 aromatic heterocycles. The lowest BCUT2D eigenvalue weighted by molar-refractivity contribution is -0.198. The van der Waals surface area contributed by atoms with E-state index in [1.807, 2.05) is 20.8 Å². The zero-order chi connectivity index (χ0) is 22.4. The molecule has 0 bridgehead atoms. The average molecular weight is 409 g/mol. The van der Waals surface area contributed by atoms with Crippen LogP contribution < -0.4 is 0 Å². The van der Waals surface area contributed by atoms with Crippen LogP contribution in [-0.4, -0.2) is 33.7 Å². The molecule has 3 unspecified atom stereocenters. The van der Waals surface area contributed by atoms with E-state index in [0.717, 1.165) is 0 Å². The van der Waals surface area contributed by atoms with Crippen LogP contribution in [0, 0.1) is 17.2 Å². The van der Waals surface area contributed by atoms with Crippen molar-refractivity contribution in [3.63, 3.8) is 0 Å². The summed E-state index contributed by atoms with van der Waals surface area (Å²) in [5.41, 5.74) is -1.24. The molecule has 1 N–H and O–H groups in total. The van der Waals surface area contributed by atoms with E-state index in [2.05, 4.69) is 16.3 Å². The fraction of sp³-hybridized carbons (Fsp3) is 0.435. The van der Waals surface area contributed by atoms with Crippen LogP contribution >= 0.6 is 0 Å². The average Bonchev–Trinajstić information content (AvgIpc) is 2.70. The molecule has 0 fully saturated rings. The minimum atomic E-state index is -2.10. The second kappa shape index (κ2) is 9.14. The lowest BCUT2D eigenvalue weighted by Crippen LogP contribution is -2.45. The van der Waals surface area contributed by atoms with E-state index in [4.69, 9.17) is 4.74 Å². The SMILES string of the molecule is CC(C)(C)/N=N/C(C)(C#N)CCC(=O)OC1(O)C=CC=CC1C(=O)c1ccccc1. The molecule has 1 aliphatic carbocycles. The number of carbonyl (C=O) groups excluding carboxylic acids is 2. The topological polar surface area (TPSA) is 112 Å². The molecule has 1 aromatic carbocycles. The molecule has 0 saturated carbocycles. The summed E-state index contributed by atoms with van der Waals surface area (Å²) in [5, 5.41) is 28.5. The predicted molar refractivity (Wildman–Crippen MR) is 111 cm³/mol. The van der Waals surface area contributed by atoms with E-state index < -0.39 is 28.8 Å². The highest BCUT2D eigenvalue weighted by molar-refractivity contribution is 6.00. The number of ketones is 1. The fourth-order valence-electron chi connectivity index (χ4n) is 2.73. The maximum Gasteiger partial charge on any atom is 0.308 e. The van der Waals surface area contributed by atoms with E-state index in [-0.39, 0.29) is 18.6 Å². The van der Waals surface area contributed by atoms with Gasteiger partial charge in [-0.15, -0.1) is 0 Å². The molecule has 0 spiro atoms. The number of carbonyl (C=O) groups is 2. The minimum absolute atomic E-state index is 0.0643. The number of Topliss-reactive ketones (excluding diaryl/α,β-unsaturated/α-hetero) is 1. The number of aliphatic hydroxyl groups is 1. The molecule has 0 saturated heterocycles. The fourth-order valence-corrected chi connectivity index (χ4v) is 2.73. The summed E-state index contributed by atoms with van der Waals surface area (Å²) >= 11 is 0. The maximum atomic E-state index is 12.8. The highest BCUT2D eigenvalue weighted by Gasteiger charge is 2.43. The largest absolute Gasteiger partial charge is 0.428 e. The van der Waals surface area contributed by atoms with Gasteiger partial charge in [0, 0.05) is 12.0 Å². The lowest BCUT2D eigenvalue weighted by Gasteiger charge is -2.32. The first-order chi connectivity index (χ1) is 14.0.